The van der Waals surface area contributed by atoms with Crippen LogP contribution in [0, 0.1) is 23.0 Å². The van der Waals surface area contributed by atoms with Crippen molar-refractivity contribution >= 4 is 33.3 Å². The predicted octanol–water partition coefficient (Wildman–Crippen LogP) is 3.11. The molecule has 2 unspecified atom stereocenters. The Hall–Kier alpha value is -1.89. The Morgan fingerprint density at radius 2 is 2.20 bits per heavy atom. The number of carbonyl (C=O) groups is 1. The van der Waals surface area contributed by atoms with E-state index in [0.29, 0.717) is 22.1 Å². The molecule has 0 amide bonds. The fourth-order valence-electron chi connectivity index (χ4n) is 2.17. The van der Waals surface area contributed by atoms with Crippen LogP contribution in [0.25, 0.3) is 0 Å². The minimum Gasteiger partial charge on any atom is -0.481 e. The van der Waals surface area contributed by atoms with Gasteiger partial charge in [0.2, 0.25) is 0 Å². The summed E-state index contributed by atoms with van der Waals surface area (Å²) in [5.74, 6) is -1.32. The highest BCUT2D eigenvalue weighted by atomic mass is 79.9. The SMILES string of the molecule is Cc1cc(NC2C=CC(C(=O)O)C2)c(Br)cc1[N+](=O)[O-]. The van der Waals surface area contributed by atoms with Gasteiger partial charge in [-0.2, -0.15) is 0 Å². The summed E-state index contributed by atoms with van der Waals surface area (Å²) in [7, 11) is 0. The average molecular weight is 341 g/mol. The van der Waals surface area contributed by atoms with Crippen LogP contribution in [-0.4, -0.2) is 22.0 Å². The molecule has 0 aliphatic heterocycles. The summed E-state index contributed by atoms with van der Waals surface area (Å²) >= 11 is 3.29. The number of rotatable bonds is 4. The summed E-state index contributed by atoms with van der Waals surface area (Å²) in [4.78, 5) is 21.3. The van der Waals surface area contributed by atoms with Crippen molar-refractivity contribution in [3.8, 4) is 0 Å². The van der Waals surface area contributed by atoms with E-state index in [1.807, 2.05) is 6.08 Å². The molecule has 6 nitrogen and oxygen atoms in total. The van der Waals surface area contributed by atoms with E-state index in [1.54, 1.807) is 19.1 Å². The number of hydrogen-bond acceptors (Lipinski definition) is 4. The van der Waals surface area contributed by atoms with Gasteiger partial charge in [0.1, 0.15) is 0 Å². The molecule has 1 aliphatic rings. The Bertz CT molecular complexity index is 600. The summed E-state index contributed by atoms with van der Waals surface area (Å²) in [6.07, 6.45) is 3.94. The van der Waals surface area contributed by atoms with Gasteiger partial charge in [0, 0.05) is 27.8 Å². The molecule has 2 N–H and O–H groups in total. The van der Waals surface area contributed by atoms with E-state index < -0.39 is 16.8 Å². The Labute approximate surface area is 123 Å². The first-order chi connectivity index (χ1) is 9.38. The molecule has 0 saturated carbocycles. The fraction of sp³-hybridized carbons (Fsp3) is 0.308. The topological polar surface area (TPSA) is 92.5 Å². The first-order valence-corrected chi connectivity index (χ1v) is 6.80. The first kappa shape index (κ1) is 14.5. The van der Waals surface area contributed by atoms with Gasteiger partial charge in [0.25, 0.3) is 5.69 Å². The number of carboxylic acid groups (broad SMARTS) is 1. The van der Waals surface area contributed by atoms with Crippen molar-refractivity contribution in [2.75, 3.05) is 5.32 Å². The normalized spacial score (nSPS) is 20.9. The smallest absolute Gasteiger partial charge is 0.310 e. The van der Waals surface area contributed by atoms with Crippen LogP contribution in [0.5, 0.6) is 0 Å². The van der Waals surface area contributed by atoms with Gasteiger partial charge in [-0.05, 0) is 35.3 Å². The molecule has 0 fully saturated rings. The van der Waals surface area contributed by atoms with Crippen LogP contribution in [0.15, 0.2) is 28.8 Å². The van der Waals surface area contributed by atoms with E-state index in [4.69, 9.17) is 5.11 Å². The van der Waals surface area contributed by atoms with Crippen molar-refractivity contribution in [2.24, 2.45) is 5.92 Å². The average Bonchev–Trinajstić information content (AvgIpc) is 2.81. The lowest BCUT2D eigenvalue weighted by atomic mass is 10.1. The second-order valence-electron chi connectivity index (χ2n) is 4.69. The molecule has 2 atom stereocenters. The van der Waals surface area contributed by atoms with Gasteiger partial charge in [-0.25, -0.2) is 0 Å². The van der Waals surface area contributed by atoms with E-state index in [-0.39, 0.29) is 11.7 Å². The molecule has 2 rings (SSSR count). The molecule has 106 valence electrons. The van der Waals surface area contributed by atoms with Crippen LogP contribution in [0.4, 0.5) is 11.4 Å². The lowest BCUT2D eigenvalue weighted by molar-refractivity contribution is -0.385. The van der Waals surface area contributed by atoms with Crippen molar-refractivity contribution in [3.63, 3.8) is 0 Å². The fourth-order valence-corrected chi connectivity index (χ4v) is 2.61. The maximum absolute atomic E-state index is 10.9. The number of nitro benzene ring substituents is 1. The van der Waals surface area contributed by atoms with E-state index in [2.05, 4.69) is 21.2 Å². The van der Waals surface area contributed by atoms with Gasteiger partial charge < -0.3 is 10.4 Å². The van der Waals surface area contributed by atoms with E-state index in [0.717, 1.165) is 0 Å². The molecule has 0 saturated heterocycles. The monoisotopic (exact) mass is 340 g/mol. The molecular formula is C13H13BrN2O4. The lowest BCUT2D eigenvalue weighted by Crippen LogP contribution is -2.19. The van der Waals surface area contributed by atoms with E-state index in [1.165, 1.54) is 6.07 Å². The van der Waals surface area contributed by atoms with Crippen molar-refractivity contribution in [2.45, 2.75) is 19.4 Å². The number of nitrogens with zero attached hydrogens (tertiary/aromatic N) is 1. The first-order valence-electron chi connectivity index (χ1n) is 6.00. The number of aliphatic carboxylic acids is 1. The minimum absolute atomic E-state index is 0.0489. The van der Waals surface area contributed by atoms with Crippen LogP contribution >= 0.6 is 15.9 Å². The van der Waals surface area contributed by atoms with E-state index in [9.17, 15) is 14.9 Å². The zero-order valence-corrected chi connectivity index (χ0v) is 12.3. The third-order valence-corrected chi connectivity index (χ3v) is 3.88. The number of nitro groups is 1. The third kappa shape index (κ3) is 2.98. The van der Waals surface area contributed by atoms with Crippen molar-refractivity contribution in [1.29, 1.82) is 0 Å². The molecule has 20 heavy (non-hydrogen) atoms. The Morgan fingerprint density at radius 1 is 1.50 bits per heavy atom. The maximum Gasteiger partial charge on any atom is 0.310 e. The summed E-state index contributed by atoms with van der Waals surface area (Å²) in [6, 6.07) is 3.04. The number of nitrogens with one attached hydrogen (secondary N) is 1. The molecule has 1 aromatic carbocycles. The quantitative estimate of drug-likeness (QED) is 0.499. The molecule has 0 spiro atoms. The molecule has 7 heteroatoms. The summed E-state index contributed by atoms with van der Waals surface area (Å²) in [6.45, 7) is 1.67. The number of anilines is 1. The summed E-state index contributed by atoms with van der Waals surface area (Å²) in [5.41, 5.74) is 1.32. The van der Waals surface area contributed by atoms with Crippen LogP contribution in [0.3, 0.4) is 0 Å². The molecule has 0 aromatic heterocycles. The minimum atomic E-state index is -0.843. The third-order valence-electron chi connectivity index (χ3n) is 3.22. The zero-order valence-electron chi connectivity index (χ0n) is 10.7. The Kier molecular flexibility index (Phi) is 4.08. The summed E-state index contributed by atoms with van der Waals surface area (Å²) in [5, 5.41) is 22.9. The van der Waals surface area contributed by atoms with Gasteiger partial charge in [0.05, 0.1) is 10.8 Å². The summed E-state index contributed by atoms with van der Waals surface area (Å²) < 4.78 is 0.585. The molecule has 0 heterocycles. The lowest BCUT2D eigenvalue weighted by Gasteiger charge is -2.15. The van der Waals surface area contributed by atoms with Gasteiger partial charge >= 0.3 is 5.97 Å². The van der Waals surface area contributed by atoms with Gasteiger partial charge in [-0.1, -0.05) is 12.2 Å². The van der Waals surface area contributed by atoms with Gasteiger partial charge in [0.15, 0.2) is 0 Å². The number of benzene rings is 1. The zero-order chi connectivity index (χ0) is 14.9. The molecule has 0 radical (unpaired) electrons. The molecule has 1 aliphatic carbocycles. The number of hydrogen-bond donors (Lipinski definition) is 2. The molecule has 0 bridgehead atoms. The van der Waals surface area contributed by atoms with Crippen molar-refractivity contribution in [1.82, 2.24) is 0 Å². The van der Waals surface area contributed by atoms with E-state index >= 15 is 0 Å². The van der Waals surface area contributed by atoms with Crippen molar-refractivity contribution < 1.29 is 14.8 Å². The number of carboxylic acids is 1. The molecular weight excluding hydrogens is 328 g/mol. The Morgan fingerprint density at radius 3 is 2.75 bits per heavy atom. The maximum atomic E-state index is 10.9. The standard InChI is InChI=1S/C13H13BrN2O4/c1-7-4-11(10(14)6-12(7)16(19)20)15-9-3-2-8(5-9)13(17)18/h2-4,6,8-9,15H,5H2,1H3,(H,17,18). The highest BCUT2D eigenvalue weighted by Gasteiger charge is 2.25. The highest BCUT2D eigenvalue weighted by molar-refractivity contribution is 9.10. The number of halogens is 1. The Balaban J connectivity index is 2.15. The second kappa shape index (κ2) is 5.62. The molecule has 1 aromatic rings. The number of aryl methyl sites for hydroxylation is 1. The van der Waals surface area contributed by atoms with Crippen LogP contribution in [-0.2, 0) is 4.79 Å². The largest absolute Gasteiger partial charge is 0.481 e. The van der Waals surface area contributed by atoms with Crippen LogP contribution in [0.2, 0.25) is 0 Å². The predicted molar refractivity (Wildman–Crippen MR) is 77.8 cm³/mol. The van der Waals surface area contributed by atoms with Gasteiger partial charge in [-0.3, -0.25) is 14.9 Å². The highest BCUT2D eigenvalue weighted by Crippen LogP contribution is 2.32. The second-order valence-corrected chi connectivity index (χ2v) is 5.55. The van der Waals surface area contributed by atoms with Gasteiger partial charge in [-0.15, -0.1) is 0 Å². The van der Waals surface area contributed by atoms with Crippen LogP contribution < -0.4 is 5.32 Å². The van der Waals surface area contributed by atoms with Crippen LogP contribution in [0.1, 0.15) is 12.0 Å². The van der Waals surface area contributed by atoms with Crippen molar-refractivity contribution in [3.05, 3.63) is 44.4 Å².